The SMILES string of the molecule is C=CC(=N)OSCC. The molecule has 0 rings (SSSR count). The zero-order valence-electron chi connectivity index (χ0n) is 4.81. The fraction of sp³-hybridized carbons (Fsp3) is 0.400. The van der Waals surface area contributed by atoms with Crippen LogP contribution in [0, 0.1) is 5.41 Å². The maximum absolute atomic E-state index is 6.88. The van der Waals surface area contributed by atoms with Gasteiger partial charge in [0, 0.05) is 5.75 Å². The van der Waals surface area contributed by atoms with Crippen molar-refractivity contribution < 1.29 is 4.18 Å². The van der Waals surface area contributed by atoms with E-state index >= 15 is 0 Å². The van der Waals surface area contributed by atoms with Gasteiger partial charge in [-0.05, 0) is 6.08 Å². The van der Waals surface area contributed by atoms with Crippen LogP contribution >= 0.6 is 12.0 Å². The lowest BCUT2D eigenvalue weighted by atomic mass is 10.7. The van der Waals surface area contributed by atoms with Gasteiger partial charge >= 0.3 is 0 Å². The summed E-state index contributed by atoms with van der Waals surface area (Å²) in [6, 6.07) is 0. The van der Waals surface area contributed by atoms with E-state index in [2.05, 4.69) is 6.58 Å². The first-order valence-electron chi connectivity index (χ1n) is 2.31. The van der Waals surface area contributed by atoms with E-state index in [4.69, 9.17) is 9.59 Å². The minimum atomic E-state index is 0.122. The van der Waals surface area contributed by atoms with E-state index in [1.807, 2.05) is 6.92 Å². The van der Waals surface area contributed by atoms with Gasteiger partial charge in [0.2, 0.25) is 5.90 Å². The van der Waals surface area contributed by atoms with Gasteiger partial charge in [0.25, 0.3) is 0 Å². The van der Waals surface area contributed by atoms with Crippen LogP contribution in [-0.2, 0) is 4.18 Å². The van der Waals surface area contributed by atoms with E-state index in [-0.39, 0.29) is 5.90 Å². The Morgan fingerprint density at radius 1 is 2.00 bits per heavy atom. The molecule has 0 aromatic heterocycles. The van der Waals surface area contributed by atoms with Crippen LogP contribution in [0.3, 0.4) is 0 Å². The molecule has 0 spiro atoms. The molecule has 0 aliphatic carbocycles. The van der Waals surface area contributed by atoms with Crippen molar-refractivity contribution in [3.8, 4) is 0 Å². The van der Waals surface area contributed by atoms with Crippen LogP contribution in [0.1, 0.15) is 6.92 Å². The highest BCUT2D eigenvalue weighted by Gasteiger charge is 1.86. The molecule has 2 nitrogen and oxygen atoms in total. The molecule has 0 saturated carbocycles. The third-order valence-corrected chi connectivity index (χ3v) is 0.985. The maximum atomic E-state index is 6.88. The lowest BCUT2D eigenvalue weighted by Crippen LogP contribution is -1.89. The normalized spacial score (nSPS) is 8.12. The second kappa shape index (κ2) is 4.71. The van der Waals surface area contributed by atoms with Gasteiger partial charge < -0.3 is 4.18 Å². The first-order chi connectivity index (χ1) is 3.81. The van der Waals surface area contributed by atoms with Gasteiger partial charge in [-0.2, -0.15) is 0 Å². The van der Waals surface area contributed by atoms with Crippen molar-refractivity contribution in [1.29, 1.82) is 5.41 Å². The molecule has 0 aromatic rings. The maximum Gasteiger partial charge on any atom is 0.219 e. The minimum absolute atomic E-state index is 0.122. The molecule has 46 valence electrons. The van der Waals surface area contributed by atoms with Gasteiger partial charge in [0.05, 0.1) is 12.0 Å². The third kappa shape index (κ3) is 3.74. The molecule has 8 heavy (non-hydrogen) atoms. The fourth-order valence-electron chi connectivity index (χ4n) is 0.156. The predicted octanol–water partition coefficient (Wildman–Crippen LogP) is 1.83. The highest BCUT2D eigenvalue weighted by Crippen LogP contribution is 2.00. The molecule has 0 aromatic carbocycles. The molecule has 0 unspecified atom stereocenters. The highest BCUT2D eigenvalue weighted by molar-refractivity contribution is 7.95. The zero-order valence-corrected chi connectivity index (χ0v) is 5.62. The Balaban J connectivity index is 3.11. The smallest absolute Gasteiger partial charge is 0.219 e. The van der Waals surface area contributed by atoms with E-state index in [0.717, 1.165) is 5.75 Å². The summed E-state index contributed by atoms with van der Waals surface area (Å²) in [5.41, 5.74) is 0. The zero-order chi connectivity index (χ0) is 6.41. The summed E-state index contributed by atoms with van der Waals surface area (Å²) in [5, 5.41) is 6.88. The summed E-state index contributed by atoms with van der Waals surface area (Å²) >= 11 is 1.24. The van der Waals surface area contributed by atoms with Crippen LogP contribution in [0.15, 0.2) is 12.7 Å². The molecule has 0 bridgehead atoms. The summed E-state index contributed by atoms with van der Waals surface area (Å²) in [5.74, 6) is 0.979. The number of hydrogen-bond acceptors (Lipinski definition) is 3. The van der Waals surface area contributed by atoms with Crippen LogP contribution in [0.4, 0.5) is 0 Å². The molecule has 0 aliphatic rings. The molecular weight excluding hydrogens is 122 g/mol. The highest BCUT2D eigenvalue weighted by atomic mass is 32.2. The summed E-state index contributed by atoms with van der Waals surface area (Å²) in [4.78, 5) is 0. The first kappa shape index (κ1) is 7.56. The van der Waals surface area contributed by atoms with Crippen LogP contribution < -0.4 is 0 Å². The number of nitrogens with one attached hydrogen (secondary N) is 1. The topological polar surface area (TPSA) is 33.1 Å². The van der Waals surface area contributed by atoms with Crippen molar-refractivity contribution in [1.82, 2.24) is 0 Å². The molecule has 0 heterocycles. The quantitative estimate of drug-likeness (QED) is 0.360. The summed E-state index contributed by atoms with van der Waals surface area (Å²) in [6.07, 6.45) is 1.36. The van der Waals surface area contributed by atoms with Gasteiger partial charge in [0.1, 0.15) is 0 Å². The number of rotatable bonds is 3. The van der Waals surface area contributed by atoms with Crippen molar-refractivity contribution in [2.75, 3.05) is 5.75 Å². The Hall–Kier alpha value is -0.440. The van der Waals surface area contributed by atoms with Crippen molar-refractivity contribution in [3.05, 3.63) is 12.7 Å². The standard InChI is InChI=1S/C5H9NOS/c1-3-5(6)7-8-4-2/h3,6H,1,4H2,2H3. The van der Waals surface area contributed by atoms with Gasteiger partial charge in [-0.3, -0.25) is 5.41 Å². The van der Waals surface area contributed by atoms with E-state index in [9.17, 15) is 0 Å². The van der Waals surface area contributed by atoms with E-state index < -0.39 is 0 Å². The van der Waals surface area contributed by atoms with Crippen molar-refractivity contribution in [2.45, 2.75) is 6.92 Å². The average Bonchev–Trinajstić information content (AvgIpc) is 1.83. The molecular formula is C5H9NOS. The monoisotopic (exact) mass is 131 g/mol. The minimum Gasteiger partial charge on any atom is -0.406 e. The molecule has 0 atom stereocenters. The predicted molar refractivity (Wildman–Crippen MR) is 37.1 cm³/mol. The Morgan fingerprint density at radius 2 is 2.62 bits per heavy atom. The average molecular weight is 131 g/mol. The lowest BCUT2D eigenvalue weighted by molar-refractivity contribution is 0.645. The summed E-state index contributed by atoms with van der Waals surface area (Å²) in [6.45, 7) is 5.31. The number of hydrogen-bond donors (Lipinski definition) is 1. The van der Waals surface area contributed by atoms with Crippen molar-refractivity contribution in [3.63, 3.8) is 0 Å². The van der Waals surface area contributed by atoms with Gasteiger partial charge in [0.15, 0.2) is 0 Å². The lowest BCUT2D eigenvalue weighted by Gasteiger charge is -1.95. The second-order valence-electron chi connectivity index (χ2n) is 1.06. The summed E-state index contributed by atoms with van der Waals surface area (Å²) in [7, 11) is 0. The molecule has 0 saturated heterocycles. The van der Waals surface area contributed by atoms with Crippen LogP contribution in [-0.4, -0.2) is 11.7 Å². The molecule has 0 aliphatic heterocycles. The molecule has 0 fully saturated rings. The molecule has 0 amide bonds. The molecule has 3 heteroatoms. The van der Waals surface area contributed by atoms with E-state index in [1.165, 1.54) is 18.1 Å². The van der Waals surface area contributed by atoms with Crippen LogP contribution in [0.25, 0.3) is 0 Å². The Bertz CT molecular complexity index is 92.4. The van der Waals surface area contributed by atoms with Gasteiger partial charge in [-0.25, -0.2) is 0 Å². The fourth-order valence-corrected chi connectivity index (χ4v) is 0.469. The van der Waals surface area contributed by atoms with Crippen molar-refractivity contribution >= 4 is 17.9 Å². The van der Waals surface area contributed by atoms with Gasteiger partial charge in [-0.1, -0.05) is 13.5 Å². The molecule has 1 N–H and O–H groups in total. The Kier molecular flexibility index (Phi) is 4.45. The summed E-state index contributed by atoms with van der Waals surface area (Å²) < 4.78 is 4.72. The van der Waals surface area contributed by atoms with E-state index in [0.29, 0.717) is 0 Å². The Morgan fingerprint density at radius 3 is 3.00 bits per heavy atom. The van der Waals surface area contributed by atoms with Crippen LogP contribution in [0.5, 0.6) is 0 Å². The first-order valence-corrected chi connectivity index (χ1v) is 3.22. The van der Waals surface area contributed by atoms with E-state index in [1.54, 1.807) is 0 Å². The van der Waals surface area contributed by atoms with Crippen molar-refractivity contribution in [2.24, 2.45) is 0 Å². The largest absolute Gasteiger partial charge is 0.406 e. The van der Waals surface area contributed by atoms with Gasteiger partial charge in [-0.15, -0.1) is 0 Å². The molecule has 0 radical (unpaired) electrons. The Labute approximate surface area is 53.6 Å². The third-order valence-electron chi connectivity index (χ3n) is 0.452. The van der Waals surface area contributed by atoms with Crippen LogP contribution in [0.2, 0.25) is 0 Å². The second-order valence-corrected chi connectivity index (χ2v) is 2.04.